The summed E-state index contributed by atoms with van der Waals surface area (Å²) in [5.41, 5.74) is 7.69. The summed E-state index contributed by atoms with van der Waals surface area (Å²) >= 11 is 4.30. The molecular weight excluding hydrogens is 358 g/mol. The number of hydrogen-bond donors (Lipinski definition) is 5. The van der Waals surface area contributed by atoms with Crippen LogP contribution in [0.2, 0.25) is 0 Å². The van der Waals surface area contributed by atoms with Gasteiger partial charge >= 0.3 is 0 Å². The summed E-state index contributed by atoms with van der Waals surface area (Å²) in [5.74, 6) is 0.149. The molecule has 0 bridgehead atoms. The van der Waals surface area contributed by atoms with E-state index in [-0.39, 0.29) is 5.91 Å². The zero-order valence-electron chi connectivity index (χ0n) is 15.6. The molecule has 1 atom stereocenters. The molecule has 1 aliphatic carbocycles. The number of amides is 1. The normalized spacial score (nSPS) is 16.3. The van der Waals surface area contributed by atoms with Crippen molar-refractivity contribution in [3.05, 3.63) is 34.9 Å². The molecule has 0 saturated heterocycles. The molecule has 2 rings (SSSR count). The summed E-state index contributed by atoms with van der Waals surface area (Å²) in [6, 6.07) is 6.90. The molecule has 5 N–H and O–H groups in total. The Morgan fingerprint density at radius 2 is 2.15 bits per heavy atom. The molecule has 0 spiro atoms. The van der Waals surface area contributed by atoms with Crippen LogP contribution < -0.4 is 16.4 Å². The van der Waals surface area contributed by atoms with Crippen LogP contribution in [0.1, 0.15) is 51.0 Å². The van der Waals surface area contributed by atoms with Crippen molar-refractivity contribution in [3.63, 3.8) is 0 Å². The molecule has 1 saturated carbocycles. The summed E-state index contributed by atoms with van der Waals surface area (Å²) in [7, 11) is 0. The van der Waals surface area contributed by atoms with Crippen molar-refractivity contribution in [2.45, 2.75) is 51.5 Å². The summed E-state index contributed by atoms with van der Waals surface area (Å²) in [6.45, 7) is 1.64. The van der Waals surface area contributed by atoms with Crippen LogP contribution >= 0.6 is 12.6 Å². The number of nitrogens with one attached hydrogen (secondary N) is 3. The number of anilines is 2. The number of carbonyl (C=O) groups is 1. The van der Waals surface area contributed by atoms with Crippen LogP contribution in [0.25, 0.3) is 0 Å². The van der Waals surface area contributed by atoms with E-state index in [0.29, 0.717) is 33.6 Å². The van der Waals surface area contributed by atoms with Crippen LogP contribution in [0, 0.1) is 22.7 Å². The van der Waals surface area contributed by atoms with Crippen molar-refractivity contribution >= 4 is 35.6 Å². The first-order chi connectivity index (χ1) is 12.9. The van der Waals surface area contributed by atoms with Gasteiger partial charge in [-0.3, -0.25) is 4.79 Å². The molecule has 0 aromatic heterocycles. The Hall–Kier alpha value is -2.46. The number of nitrogens with two attached hydrogens (primary N) is 1. The lowest BCUT2D eigenvalue weighted by molar-refractivity contribution is -0.119. The minimum atomic E-state index is -0.441. The molecule has 1 aliphatic rings. The smallest absolute Gasteiger partial charge is 0.239 e. The van der Waals surface area contributed by atoms with Gasteiger partial charge in [0.05, 0.1) is 16.3 Å². The van der Waals surface area contributed by atoms with E-state index in [2.05, 4.69) is 29.3 Å². The molecule has 1 aromatic rings. The van der Waals surface area contributed by atoms with Gasteiger partial charge in [-0.15, -0.1) is 12.6 Å². The van der Waals surface area contributed by atoms with Crippen molar-refractivity contribution in [1.29, 1.82) is 10.7 Å². The Bertz CT molecular complexity index is 762. The number of nitriles is 1. The van der Waals surface area contributed by atoms with Crippen LogP contribution in [0.5, 0.6) is 0 Å². The molecule has 1 fully saturated rings. The molecule has 0 heterocycles. The predicted molar refractivity (Wildman–Crippen MR) is 113 cm³/mol. The first kappa shape index (κ1) is 20.8. The minimum absolute atomic E-state index is 0.349. The van der Waals surface area contributed by atoms with E-state index < -0.39 is 6.04 Å². The van der Waals surface area contributed by atoms with Crippen molar-refractivity contribution in [3.8, 4) is 6.07 Å². The standard InChI is InChI=1S/C20H27N5OS/c1-13(22)9-19(27)25-17-11-16(8-7-15(17)12-21)24-18(20(23)26)10-14-5-3-2-4-6-14/h7-9,11,14,18,22,24-25,27H,2-6,10H2,1H3,(H2,23,26)/b19-9-,22-13?/t18-/m1/s1. The van der Waals surface area contributed by atoms with E-state index in [0.717, 1.165) is 19.3 Å². The number of carbonyl (C=O) groups excluding carboxylic acids is 1. The molecule has 1 aromatic carbocycles. The van der Waals surface area contributed by atoms with Crippen molar-refractivity contribution in [1.82, 2.24) is 0 Å². The first-order valence-electron chi connectivity index (χ1n) is 9.22. The molecule has 1 amide bonds. The molecule has 144 valence electrons. The Kier molecular flexibility index (Phi) is 7.74. The number of thiol groups is 1. The van der Waals surface area contributed by atoms with Crippen molar-refractivity contribution in [2.24, 2.45) is 11.7 Å². The van der Waals surface area contributed by atoms with Crippen LogP contribution in [0.4, 0.5) is 11.4 Å². The average molecular weight is 386 g/mol. The largest absolute Gasteiger partial charge is 0.374 e. The number of primary amides is 1. The Balaban J connectivity index is 2.16. The quantitative estimate of drug-likeness (QED) is 0.343. The van der Waals surface area contributed by atoms with E-state index in [1.165, 1.54) is 19.3 Å². The molecule has 0 radical (unpaired) electrons. The van der Waals surface area contributed by atoms with Crippen LogP contribution in [0.15, 0.2) is 29.3 Å². The van der Waals surface area contributed by atoms with Crippen LogP contribution in [-0.2, 0) is 4.79 Å². The maximum absolute atomic E-state index is 11.9. The second kappa shape index (κ2) is 10.0. The van der Waals surface area contributed by atoms with E-state index >= 15 is 0 Å². The number of allylic oxidation sites excluding steroid dienone is 1. The second-order valence-electron chi connectivity index (χ2n) is 7.05. The van der Waals surface area contributed by atoms with Gasteiger partial charge in [-0.25, -0.2) is 0 Å². The van der Waals surface area contributed by atoms with E-state index in [1.54, 1.807) is 31.2 Å². The number of hydrogen-bond acceptors (Lipinski definition) is 6. The number of nitrogens with zero attached hydrogens (tertiary/aromatic N) is 1. The minimum Gasteiger partial charge on any atom is -0.374 e. The summed E-state index contributed by atoms with van der Waals surface area (Å²) in [5, 5.41) is 23.5. The van der Waals surface area contributed by atoms with Gasteiger partial charge in [-0.2, -0.15) is 5.26 Å². The highest BCUT2D eigenvalue weighted by atomic mass is 32.1. The first-order valence-corrected chi connectivity index (χ1v) is 9.66. The van der Waals surface area contributed by atoms with Crippen LogP contribution in [-0.4, -0.2) is 17.7 Å². The van der Waals surface area contributed by atoms with Crippen molar-refractivity contribution < 1.29 is 4.79 Å². The van der Waals surface area contributed by atoms with Gasteiger partial charge in [-0.05, 0) is 43.5 Å². The maximum atomic E-state index is 11.9. The topological polar surface area (TPSA) is 115 Å². The molecule has 0 unspecified atom stereocenters. The van der Waals surface area contributed by atoms with Crippen LogP contribution in [0.3, 0.4) is 0 Å². The third kappa shape index (κ3) is 6.65. The molecule has 6 nitrogen and oxygen atoms in total. The van der Waals surface area contributed by atoms with Gasteiger partial charge in [0, 0.05) is 11.4 Å². The third-order valence-electron chi connectivity index (χ3n) is 4.73. The second-order valence-corrected chi connectivity index (χ2v) is 7.53. The molecule has 7 heteroatoms. The van der Waals surface area contributed by atoms with Gasteiger partial charge in [0.25, 0.3) is 0 Å². The highest BCUT2D eigenvalue weighted by molar-refractivity contribution is 7.84. The lowest BCUT2D eigenvalue weighted by atomic mass is 9.84. The van der Waals surface area contributed by atoms with Gasteiger partial charge in [0.2, 0.25) is 5.91 Å². The summed E-state index contributed by atoms with van der Waals surface area (Å²) in [6.07, 6.45) is 8.26. The van der Waals surface area contributed by atoms with Gasteiger partial charge in [-0.1, -0.05) is 32.1 Å². The van der Waals surface area contributed by atoms with E-state index in [4.69, 9.17) is 11.1 Å². The van der Waals surface area contributed by atoms with E-state index in [1.807, 2.05) is 0 Å². The molecule has 27 heavy (non-hydrogen) atoms. The van der Waals surface area contributed by atoms with E-state index in [9.17, 15) is 10.1 Å². The Morgan fingerprint density at radius 3 is 2.74 bits per heavy atom. The highest BCUT2D eigenvalue weighted by Crippen LogP contribution is 2.29. The van der Waals surface area contributed by atoms with Gasteiger partial charge in [0.1, 0.15) is 12.1 Å². The Labute approximate surface area is 166 Å². The Morgan fingerprint density at radius 1 is 1.44 bits per heavy atom. The SMILES string of the molecule is CC(=N)/C=C(\S)Nc1cc(N[C@H](CC2CCCCC2)C(N)=O)ccc1C#N. The maximum Gasteiger partial charge on any atom is 0.239 e. The zero-order valence-corrected chi connectivity index (χ0v) is 16.5. The van der Waals surface area contributed by atoms with Gasteiger partial charge < -0.3 is 21.8 Å². The lowest BCUT2D eigenvalue weighted by Crippen LogP contribution is -2.37. The summed E-state index contributed by atoms with van der Waals surface area (Å²) < 4.78 is 0. The average Bonchev–Trinajstić information content (AvgIpc) is 2.61. The zero-order chi connectivity index (χ0) is 19.8. The fourth-order valence-corrected chi connectivity index (χ4v) is 3.73. The van der Waals surface area contributed by atoms with Crippen molar-refractivity contribution in [2.75, 3.05) is 10.6 Å². The highest BCUT2D eigenvalue weighted by Gasteiger charge is 2.23. The number of benzene rings is 1. The predicted octanol–water partition coefficient (Wildman–Crippen LogP) is 4.02. The number of rotatable bonds is 8. The fraction of sp³-hybridized carbons (Fsp3) is 0.450. The van der Waals surface area contributed by atoms with Gasteiger partial charge in [0.15, 0.2) is 0 Å². The third-order valence-corrected chi connectivity index (χ3v) is 4.98. The molecule has 0 aliphatic heterocycles. The summed E-state index contributed by atoms with van der Waals surface area (Å²) in [4.78, 5) is 11.9. The molecular formula is C20H27N5OS. The lowest BCUT2D eigenvalue weighted by Gasteiger charge is -2.26. The monoisotopic (exact) mass is 385 g/mol. The fourth-order valence-electron chi connectivity index (χ4n) is 3.42.